The Morgan fingerprint density at radius 3 is 2.57 bits per heavy atom. The molecule has 0 radical (unpaired) electrons. The van der Waals surface area contributed by atoms with E-state index in [4.69, 9.17) is 0 Å². The molecule has 3 fully saturated rings. The van der Waals surface area contributed by atoms with Crippen LogP contribution in [-0.4, -0.2) is 45.4 Å². The molecule has 1 saturated heterocycles. The van der Waals surface area contributed by atoms with Gasteiger partial charge in [-0.25, -0.2) is 0 Å². The average molecular weight is 469 g/mol. The van der Waals surface area contributed by atoms with Gasteiger partial charge in [-0.05, 0) is 0 Å². The summed E-state index contributed by atoms with van der Waals surface area (Å²) in [4.78, 5) is 26.3. The molecule has 2 aromatic heterocycles. The number of carboxylic acids is 1. The molecule has 2 atom stereocenters. The molecule has 2 saturated carbocycles. The molecule has 8 heteroatoms. The minimum atomic E-state index is -1.26. The van der Waals surface area contributed by atoms with Crippen molar-refractivity contribution in [3.05, 3.63) is 45.1 Å². The van der Waals surface area contributed by atoms with Crippen LogP contribution >= 0.6 is 12.4 Å². The number of aryl methyl sites for hydroxylation is 1. The van der Waals surface area contributed by atoms with Crippen LogP contribution in [0.25, 0.3) is 5.52 Å². The normalized spacial score (nSPS) is 22.5. The second-order valence-corrected chi connectivity index (χ2v) is 10.1. The third kappa shape index (κ3) is 2.80. The molecular weight excluding hydrogens is 446 g/mol. The summed E-state index contributed by atoms with van der Waals surface area (Å²) in [5, 5.41) is 9.40. The minimum absolute atomic E-state index is 0. The summed E-state index contributed by atoms with van der Waals surface area (Å²) < 4.78 is 17.0. The van der Waals surface area contributed by atoms with E-state index in [1.165, 1.54) is 29.5 Å². The molecule has 3 aliphatic rings. The van der Waals surface area contributed by atoms with Crippen LogP contribution < -0.4 is 10.5 Å². The van der Waals surface area contributed by atoms with Crippen molar-refractivity contribution in [1.29, 1.82) is 0 Å². The summed E-state index contributed by atoms with van der Waals surface area (Å²) in [7, 11) is 0. The molecule has 2 aliphatic carbocycles. The molecule has 1 N–H and O–H groups in total. The molecule has 5 rings (SSSR count). The van der Waals surface area contributed by atoms with Gasteiger partial charge >= 0.3 is 164 Å². The zero-order valence-electron chi connectivity index (χ0n) is 15.6. The van der Waals surface area contributed by atoms with E-state index in [9.17, 15) is 14.7 Å². The molecule has 5 nitrogen and oxygen atoms in total. The van der Waals surface area contributed by atoms with Gasteiger partial charge in [0.2, 0.25) is 0 Å². The van der Waals surface area contributed by atoms with Gasteiger partial charge in [0.1, 0.15) is 0 Å². The van der Waals surface area contributed by atoms with Crippen LogP contribution in [-0.2, 0) is 0 Å². The molecule has 1 spiro atoms. The second-order valence-electron chi connectivity index (χ2n) is 8.42. The number of hydrogen-bond acceptors (Lipinski definition) is 3. The van der Waals surface area contributed by atoms with Crippen molar-refractivity contribution in [3.8, 4) is 0 Å². The van der Waals surface area contributed by atoms with Crippen LogP contribution in [0.5, 0.6) is 0 Å². The third-order valence-electron chi connectivity index (χ3n) is 6.61. The Morgan fingerprint density at radius 1 is 1.36 bits per heavy atom. The largest absolute Gasteiger partial charge is 0.147 e. The van der Waals surface area contributed by atoms with Gasteiger partial charge in [-0.3, -0.25) is 0 Å². The van der Waals surface area contributed by atoms with E-state index < -0.39 is 17.3 Å². The predicted octanol–water partition coefficient (Wildman–Crippen LogP) is 2.77. The Hall–Kier alpha value is -1.52. The van der Waals surface area contributed by atoms with Crippen LogP contribution in [0, 0.1) is 18.2 Å². The first-order valence-electron chi connectivity index (χ1n) is 9.44. The maximum absolute atomic E-state index is 15.1. The van der Waals surface area contributed by atoms with Crippen molar-refractivity contribution < 1.29 is 14.3 Å². The summed E-state index contributed by atoms with van der Waals surface area (Å²) in [5.41, 5.74) is 2.32. The van der Waals surface area contributed by atoms with E-state index in [1.54, 1.807) is 16.9 Å². The van der Waals surface area contributed by atoms with Gasteiger partial charge in [0, 0.05) is 0 Å². The zero-order chi connectivity index (χ0) is 19.1. The number of pyridine rings is 2. The third-order valence-corrected chi connectivity index (χ3v) is 8.53. The monoisotopic (exact) mass is 468 g/mol. The molecule has 1 unspecified atom stereocenters. The molecule has 0 aromatic carbocycles. The van der Waals surface area contributed by atoms with Crippen molar-refractivity contribution in [2.45, 2.75) is 43.2 Å². The van der Waals surface area contributed by atoms with E-state index >= 15 is 4.39 Å². The molecule has 0 amide bonds. The van der Waals surface area contributed by atoms with E-state index in [0.29, 0.717) is 21.3 Å². The van der Waals surface area contributed by atoms with E-state index in [0.717, 1.165) is 37.1 Å². The Labute approximate surface area is 176 Å². The van der Waals surface area contributed by atoms with Gasteiger partial charge in [-0.2, -0.15) is 0 Å². The number of halogens is 2. The summed E-state index contributed by atoms with van der Waals surface area (Å²) in [6.45, 7) is 3.59. The van der Waals surface area contributed by atoms with Crippen molar-refractivity contribution in [3.63, 3.8) is 0 Å². The first kappa shape index (κ1) is 19.8. The molecule has 3 heterocycles. The van der Waals surface area contributed by atoms with Gasteiger partial charge < -0.3 is 0 Å². The number of aromatic nitrogens is 1. The Morgan fingerprint density at radius 2 is 2.04 bits per heavy atom. The Kier molecular flexibility index (Phi) is 4.59. The molecule has 150 valence electrons. The second kappa shape index (κ2) is 6.50. The summed E-state index contributed by atoms with van der Waals surface area (Å²) in [6, 6.07) is 1.52. The predicted molar refractivity (Wildman–Crippen MR) is 111 cm³/mol. The summed E-state index contributed by atoms with van der Waals surface area (Å²) in [6.07, 6.45) is 5.59. The van der Waals surface area contributed by atoms with E-state index in [-0.39, 0.29) is 23.9 Å². The van der Waals surface area contributed by atoms with Crippen LogP contribution in [0.15, 0.2) is 17.1 Å². The van der Waals surface area contributed by atoms with Gasteiger partial charge in [0.25, 0.3) is 0 Å². The number of nitrogens with zero attached hydrogens (tertiary/aromatic N) is 2. The van der Waals surface area contributed by atoms with Gasteiger partial charge in [0.15, 0.2) is 0 Å². The van der Waals surface area contributed by atoms with Crippen molar-refractivity contribution in [2.75, 3.05) is 18.0 Å². The van der Waals surface area contributed by atoms with E-state index in [2.05, 4.69) is 4.90 Å². The first-order chi connectivity index (χ1) is 12.8. The SMILES string of the molecule is Cc1c(N2C[C@H]([AsH2])C3(CC3)C2)c(F)cn2c(=O)c(C(=O)O)cc(C3CC3)c12.Cl. The molecule has 0 bridgehead atoms. The van der Waals surface area contributed by atoms with Gasteiger partial charge in [0.05, 0.1) is 0 Å². The maximum Gasteiger partial charge on any atom is -0.147 e. The smallest absolute Gasteiger partial charge is 0.147 e. The number of carboxylic acid groups (broad SMARTS) is 1. The number of anilines is 1. The number of rotatable bonds is 3. The fourth-order valence-electron chi connectivity index (χ4n) is 4.74. The molecule has 1 aliphatic heterocycles. The molecule has 28 heavy (non-hydrogen) atoms. The standard InChI is InChI=1S/C20H22AsFN2O3.ClH/c1-10-16-12(11-2-3-11)6-13(19(26)27)18(25)24(16)7-14(22)17(10)23-8-15(21)20(9-23)4-5-20;/h6-7,11,15H,2-5,8-9,21H2,1H3,(H,26,27);1H/t15-;/m0./s1. The number of hydrogen-bond donors (Lipinski definition) is 1. The fourth-order valence-corrected chi connectivity index (χ4v) is 6.20. The van der Waals surface area contributed by atoms with Crippen LogP contribution in [0.2, 0.25) is 4.71 Å². The average Bonchev–Trinajstić information content (AvgIpc) is 3.49. The molecule has 2 aromatic rings. The van der Waals surface area contributed by atoms with Crippen LogP contribution in [0.3, 0.4) is 0 Å². The Bertz CT molecular complexity index is 1060. The summed E-state index contributed by atoms with van der Waals surface area (Å²) in [5.74, 6) is -1.44. The van der Waals surface area contributed by atoms with Gasteiger partial charge in [-0.15, -0.1) is 12.4 Å². The topological polar surface area (TPSA) is 62.0 Å². The number of fused-ring (bicyclic) bond motifs is 1. The molecular formula is C20H23AsClFN2O3. The summed E-state index contributed by atoms with van der Waals surface area (Å²) >= 11 is 1.73. The number of carbonyl (C=O) groups is 1. The van der Waals surface area contributed by atoms with Crippen LogP contribution in [0.4, 0.5) is 10.1 Å². The number of aromatic carboxylic acids is 1. The first-order valence-corrected chi connectivity index (χ1v) is 10.8. The van der Waals surface area contributed by atoms with E-state index in [1.807, 2.05) is 6.92 Å². The van der Waals surface area contributed by atoms with Crippen LogP contribution in [0.1, 0.15) is 53.1 Å². The fraction of sp³-hybridized carbons (Fsp3) is 0.500. The maximum atomic E-state index is 15.1. The van der Waals surface area contributed by atoms with Gasteiger partial charge in [-0.1, -0.05) is 0 Å². The van der Waals surface area contributed by atoms with Crippen molar-refractivity contribution in [1.82, 2.24) is 4.40 Å². The Balaban J connectivity index is 0.00000192. The zero-order valence-corrected chi connectivity index (χ0v) is 18.8. The minimum Gasteiger partial charge on any atom is -0.147 e. The van der Waals surface area contributed by atoms with Crippen molar-refractivity contribution >= 4 is 46.4 Å². The quantitative estimate of drug-likeness (QED) is 0.704. The van der Waals surface area contributed by atoms with Crippen molar-refractivity contribution in [2.24, 2.45) is 5.41 Å².